The van der Waals surface area contributed by atoms with E-state index in [4.69, 9.17) is 9.47 Å². The van der Waals surface area contributed by atoms with Crippen molar-refractivity contribution in [2.24, 2.45) is 0 Å². The van der Waals surface area contributed by atoms with Gasteiger partial charge in [-0.1, -0.05) is 42.5 Å². The van der Waals surface area contributed by atoms with Crippen LogP contribution in [0.3, 0.4) is 0 Å². The lowest BCUT2D eigenvalue weighted by Gasteiger charge is -2.37. The fourth-order valence-electron chi connectivity index (χ4n) is 4.68. The predicted octanol–water partition coefficient (Wildman–Crippen LogP) is 3.75. The highest BCUT2D eigenvalue weighted by molar-refractivity contribution is 6.07. The van der Waals surface area contributed by atoms with Crippen LogP contribution < -0.4 is 24.6 Å². The first-order valence-corrected chi connectivity index (χ1v) is 11.8. The van der Waals surface area contributed by atoms with Crippen LogP contribution in [0.1, 0.15) is 16.1 Å². The number of nitrogens with zero attached hydrogens (tertiary/aromatic N) is 4. The first-order valence-electron chi connectivity index (χ1n) is 11.8. The number of fused-ring (bicyclic) bond motifs is 2. The molecule has 9 heteroatoms. The minimum atomic E-state index is -0.299. The van der Waals surface area contributed by atoms with Crippen LogP contribution in [0, 0.1) is 5.82 Å². The summed E-state index contributed by atoms with van der Waals surface area (Å²) in [5.74, 6) is 1.59. The third-order valence-electron chi connectivity index (χ3n) is 6.55. The second kappa shape index (κ2) is 9.33. The van der Waals surface area contributed by atoms with E-state index < -0.39 is 0 Å². The Morgan fingerprint density at radius 2 is 1.58 bits per heavy atom. The van der Waals surface area contributed by atoms with Crippen LogP contribution in [0.2, 0.25) is 0 Å². The molecule has 0 saturated carbocycles. The lowest BCUT2D eigenvalue weighted by Crippen LogP contribution is -2.47. The number of carbonyl (C=O) groups is 1. The summed E-state index contributed by atoms with van der Waals surface area (Å²) in [5, 5.41) is 13.3. The number of hydrogen-bond donors (Lipinski definition) is 1. The van der Waals surface area contributed by atoms with Gasteiger partial charge in [0, 0.05) is 43.5 Å². The van der Waals surface area contributed by atoms with Crippen LogP contribution in [-0.4, -0.2) is 49.1 Å². The van der Waals surface area contributed by atoms with E-state index in [2.05, 4.69) is 20.4 Å². The molecular formula is C27H24FN5O3. The molecule has 1 saturated heterocycles. The van der Waals surface area contributed by atoms with Gasteiger partial charge < -0.3 is 24.6 Å². The molecule has 1 amide bonds. The second-order valence-corrected chi connectivity index (χ2v) is 8.71. The van der Waals surface area contributed by atoms with Crippen molar-refractivity contribution >= 4 is 28.2 Å². The van der Waals surface area contributed by atoms with Crippen LogP contribution in [0.5, 0.6) is 11.5 Å². The first kappa shape index (κ1) is 22.1. The number of anilines is 2. The number of ether oxygens (including phenoxy) is 2. The summed E-state index contributed by atoms with van der Waals surface area (Å²) in [6.07, 6.45) is 0. The molecule has 182 valence electrons. The smallest absolute Gasteiger partial charge is 0.272 e. The molecule has 1 fully saturated rings. The first-order chi connectivity index (χ1) is 17.7. The number of rotatable bonds is 5. The van der Waals surface area contributed by atoms with Crippen LogP contribution in [0.15, 0.2) is 66.7 Å². The molecule has 6 rings (SSSR count). The molecule has 3 aromatic carbocycles. The number of carbonyl (C=O) groups excluding carboxylic acids is 1. The van der Waals surface area contributed by atoms with Crippen molar-refractivity contribution in [2.45, 2.75) is 6.54 Å². The highest BCUT2D eigenvalue weighted by Gasteiger charge is 2.24. The molecule has 2 aliphatic rings. The zero-order valence-electron chi connectivity index (χ0n) is 19.5. The summed E-state index contributed by atoms with van der Waals surface area (Å²) in [6.45, 7) is 3.19. The highest BCUT2D eigenvalue weighted by atomic mass is 19.1. The molecule has 3 heterocycles. The van der Waals surface area contributed by atoms with Gasteiger partial charge >= 0.3 is 0 Å². The van der Waals surface area contributed by atoms with Crippen molar-refractivity contribution in [1.29, 1.82) is 0 Å². The Morgan fingerprint density at radius 3 is 2.42 bits per heavy atom. The fourth-order valence-corrected chi connectivity index (χ4v) is 4.68. The Labute approximate surface area is 207 Å². The van der Waals surface area contributed by atoms with E-state index in [1.165, 1.54) is 6.07 Å². The molecule has 0 aliphatic carbocycles. The largest absolute Gasteiger partial charge is 0.454 e. The van der Waals surface area contributed by atoms with Crippen LogP contribution in [-0.2, 0) is 6.54 Å². The summed E-state index contributed by atoms with van der Waals surface area (Å²) in [6, 6.07) is 20.1. The van der Waals surface area contributed by atoms with E-state index in [0.29, 0.717) is 49.9 Å². The maximum absolute atomic E-state index is 14.2. The standard InChI is InChI=1S/C27H24FN5O3/c28-21-7-3-4-8-22(21)32-11-13-33(14-12-32)26-20-6-2-1-5-19(20)25(30-31-26)27(34)29-16-18-9-10-23-24(15-18)36-17-35-23/h1-10,15H,11-14,16-17H2,(H,29,34). The molecule has 2 aliphatic heterocycles. The maximum atomic E-state index is 14.2. The van der Waals surface area contributed by atoms with E-state index >= 15 is 0 Å². The number of halogens is 1. The molecule has 1 aromatic heterocycles. The van der Waals surface area contributed by atoms with Crippen LogP contribution >= 0.6 is 0 Å². The molecule has 0 radical (unpaired) electrons. The zero-order chi connectivity index (χ0) is 24.5. The molecule has 8 nitrogen and oxygen atoms in total. The number of amides is 1. The molecule has 0 atom stereocenters. The van der Waals surface area contributed by atoms with E-state index in [1.54, 1.807) is 12.1 Å². The number of aromatic nitrogens is 2. The van der Waals surface area contributed by atoms with Crippen molar-refractivity contribution in [3.05, 3.63) is 83.8 Å². The predicted molar refractivity (Wildman–Crippen MR) is 134 cm³/mol. The monoisotopic (exact) mass is 485 g/mol. The molecule has 36 heavy (non-hydrogen) atoms. The molecule has 1 N–H and O–H groups in total. The molecular weight excluding hydrogens is 461 g/mol. The Morgan fingerprint density at radius 1 is 0.861 bits per heavy atom. The van der Waals surface area contributed by atoms with Crippen LogP contribution in [0.25, 0.3) is 10.8 Å². The highest BCUT2D eigenvalue weighted by Crippen LogP contribution is 2.32. The third kappa shape index (κ3) is 4.13. The fraction of sp³-hybridized carbons (Fsp3) is 0.222. The van der Waals surface area contributed by atoms with Gasteiger partial charge in [0.15, 0.2) is 23.0 Å². The van der Waals surface area contributed by atoms with Gasteiger partial charge in [-0.05, 0) is 29.8 Å². The minimum absolute atomic E-state index is 0.206. The minimum Gasteiger partial charge on any atom is -0.454 e. The van der Waals surface area contributed by atoms with Gasteiger partial charge in [0.05, 0.1) is 5.69 Å². The summed E-state index contributed by atoms with van der Waals surface area (Å²) >= 11 is 0. The summed E-state index contributed by atoms with van der Waals surface area (Å²) in [7, 11) is 0. The Bertz CT molecular complexity index is 1440. The van der Waals surface area contributed by atoms with Gasteiger partial charge in [-0.15, -0.1) is 10.2 Å². The lowest BCUT2D eigenvalue weighted by atomic mass is 10.1. The lowest BCUT2D eigenvalue weighted by molar-refractivity contribution is 0.0946. The van der Waals surface area contributed by atoms with Crippen molar-refractivity contribution in [2.75, 3.05) is 42.8 Å². The molecule has 0 bridgehead atoms. The van der Waals surface area contributed by atoms with E-state index in [0.717, 1.165) is 22.2 Å². The van der Waals surface area contributed by atoms with Gasteiger partial charge in [0.2, 0.25) is 6.79 Å². The van der Waals surface area contributed by atoms with Crippen molar-refractivity contribution in [3.8, 4) is 11.5 Å². The second-order valence-electron chi connectivity index (χ2n) is 8.71. The summed E-state index contributed by atoms with van der Waals surface area (Å²) in [4.78, 5) is 17.2. The van der Waals surface area contributed by atoms with Crippen molar-refractivity contribution in [1.82, 2.24) is 15.5 Å². The average Bonchev–Trinajstić information content (AvgIpc) is 3.40. The number of benzene rings is 3. The van der Waals surface area contributed by atoms with E-state index in [-0.39, 0.29) is 24.2 Å². The Balaban J connectivity index is 1.19. The quantitative estimate of drug-likeness (QED) is 0.461. The normalized spacial score (nSPS) is 14.8. The Kier molecular flexibility index (Phi) is 5.73. The molecule has 4 aromatic rings. The van der Waals surface area contributed by atoms with Crippen molar-refractivity contribution < 1.29 is 18.7 Å². The van der Waals surface area contributed by atoms with Gasteiger partial charge in [0.1, 0.15) is 5.82 Å². The number of hydrogen-bond acceptors (Lipinski definition) is 7. The molecule has 0 spiro atoms. The van der Waals surface area contributed by atoms with E-state index in [1.807, 2.05) is 53.4 Å². The number of nitrogens with one attached hydrogen (secondary N) is 1. The van der Waals surface area contributed by atoms with E-state index in [9.17, 15) is 9.18 Å². The van der Waals surface area contributed by atoms with Crippen molar-refractivity contribution in [3.63, 3.8) is 0 Å². The SMILES string of the molecule is O=C(NCc1ccc2c(c1)OCO2)c1nnc(N2CCN(c3ccccc3F)CC2)c2ccccc12. The third-order valence-corrected chi connectivity index (χ3v) is 6.55. The van der Waals surface area contributed by atoms with Gasteiger partial charge in [0.25, 0.3) is 5.91 Å². The molecule has 0 unspecified atom stereocenters. The summed E-state index contributed by atoms with van der Waals surface area (Å²) in [5.41, 5.74) is 1.79. The van der Waals surface area contributed by atoms with Crippen LogP contribution in [0.4, 0.5) is 15.9 Å². The van der Waals surface area contributed by atoms with Gasteiger partial charge in [-0.3, -0.25) is 4.79 Å². The number of piperazine rings is 1. The average molecular weight is 486 g/mol. The summed E-state index contributed by atoms with van der Waals surface area (Å²) < 4.78 is 25.0. The topological polar surface area (TPSA) is 79.8 Å². The zero-order valence-corrected chi connectivity index (χ0v) is 19.5. The number of para-hydroxylation sites is 1. The maximum Gasteiger partial charge on any atom is 0.272 e. The van der Waals surface area contributed by atoms with Gasteiger partial charge in [-0.25, -0.2) is 4.39 Å². The Hall–Kier alpha value is -4.40. The van der Waals surface area contributed by atoms with Gasteiger partial charge in [-0.2, -0.15) is 0 Å².